The lowest BCUT2D eigenvalue weighted by Crippen LogP contribution is -2.39. The predicted molar refractivity (Wildman–Crippen MR) is 139 cm³/mol. The highest BCUT2D eigenvalue weighted by Crippen LogP contribution is 2.42. The number of ether oxygens (including phenoxy) is 2. The number of likely N-dealkylation sites (N-methyl/N-ethyl adjacent to an activating group) is 1. The van der Waals surface area contributed by atoms with Crippen LogP contribution in [0.4, 0.5) is 11.5 Å². The van der Waals surface area contributed by atoms with Crippen molar-refractivity contribution in [1.29, 1.82) is 0 Å². The Morgan fingerprint density at radius 3 is 2.91 bits per heavy atom. The van der Waals surface area contributed by atoms with Gasteiger partial charge in [-0.1, -0.05) is 11.3 Å². The highest BCUT2D eigenvalue weighted by atomic mass is 32.1. The number of carbonyl (C=O) groups is 1. The first-order valence-electron chi connectivity index (χ1n) is 11.5. The van der Waals surface area contributed by atoms with Gasteiger partial charge in [0.2, 0.25) is 5.91 Å². The molecule has 1 aromatic carbocycles. The van der Waals surface area contributed by atoms with E-state index in [4.69, 9.17) is 9.47 Å². The Labute approximate surface area is 210 Å². The number of anilines is 2. The van der Waals surface area contributed by atoms with Crippen LogP contribution in [0.3, 0.4) is 0 Å². The SMILES string of the molecule is CCN(CCOC)C(=O)[C@@H]1CCc2c(sc3ncnc(Nc4cc5sc(=O)[nH]c5cc4OC)c23)C1. The normalized spacial score (nSPS) is 15.3. The maximum absolute atomic E-state index is 13.1. The zero-order valence-corrected chi connectivity index (χ0v) is 21.5. The summed E-state index contributed by atoms with van der Waals surface area (Å²) in [6, 6.07) is 3.72. The van der Waals surface area contributed by atoms with E-state index in [2.05, 4.69) is 20.3 Å². The summed E-state index contributed by atoms with van der Waals surface area (Å²) in [6.07, 6.45) is 3.86. The fourth-order valence-corrected chi connectivity index (χ4v) is 6.70. The number of aromatic nitrogens is 3. The topological polar surface area (TPSA) is 109 Å². The number of benzene rings is 1. The lowest BCUT2D eigenvalue weighted by Gasteiger charge is -2.28. The molecule has 35 heavy (non-hydrogen) atoms. The third-order valence-corrected chi connectivity index (χ3v) is 8.45. The number of carbonyl (C=O) groups excluding carboxylic acids is 1. The molecule has 5 rings (SSSR count). The minimum Gasteiger partial charge on any atom is -0.494 e. The van der Waals surface area contributed by atoms with Gasteiger partial charge in [0, 0.05) is 37.1 Å². The molecule has 0 radical (unpaired) electrons. The van der Waals surface area contributed by atoms with Crippen LogP contribution in [0.25, 0.3) is 20.4 Å². The number of methoxy groups -OCH3 is 2. The molecule has 3 heterocycles. The van der Waals surface area contributed by atoms with Crippen molar-refractivity contribution in [1.82, 2.24) is 19.9 Å². The van der Waals surface area contributed by atoms with Crippen molar-refractivity contribution in [3.05, 3.63) is 38.6 Å². The molecule has 0 spiro atoms. The molecule has 1 aliphatic carbocycles. The molecule has 3 aromatic heterocycles. The Morgan fingerprint density at radius 2 is 2.14 bits per heavy atom. The summed E-state index contributed by atoms with van der Waals surface area (Å²) in [7, 11) is 3.25. The molecule has 0 saturated heterocycles. The summed E-state index contributed by atoms with van der Waals surface area (Å²) in [5, 5.41) is 4.42. The molecule has 0 unspecified atom stereocenters. The van der Waals surface area contributed by atoms with E-state index < -0.39 is 0 Å². The lowest BCUT2D eigenvalue weighted by atomic mass is 9.87. The molecule has 2 N–H and O–H groups in total. The minimum absolute atomic E-state index is 0.0318. The van der Waals surface area contributed by atoms with Gasteiger partial charge in [0.05, 0.1) is 35.0 Å². The van der Waals surface area contributed by atoms with E-state index in [9.17, 15) is 9.59 Å². The second kappa shape index (κ2) is 9.92. The summed E-state index contributed by atoms with van der Waals surface area (Å²) >= 11 is 2.79. The zero-order chi connectivity index (χ0) is 24.5. The van der Waals surface area contributed by atoms with Crippen LogP contribution in [0.1, 0.15) is 23.8 Å². The molecule has 1 amide bonds. The number of nitrogens with one attached hydrogen (secondary N) is 2. The van der Waals surface area contributed by atoms with Gasteiger partial charge in [0.25, 0.3) is 0 Å². The largest absolute Gasteiger partial charge is 0.494 e. The maximum atomic E-state index is 13.1. The van der Waals surface area contributed by atoms with Crippen molar-refractivity contribution < 1.29 is 14.3 Å². The first kappa shape index (κ1) is 23.7. The zero-order valence-electron chi connectivity index (χ0n) is 19.8. The van der Waals surface area contributed by atoms with Crippen LogP contribution in [0.5, 0.6) is 5.75 Å². The first-order valence-corrected chi connectivity index (χ1v) is 13.2. The Morgan fingerprint density at radius 1 is 1.29 bits per heavy atom. The fraction of sp³-hybridized carbons (Fsp3) is 0.417. The number of aromatic amines is 1. The molecule has 0 saturated carbocycles. The van der Waals surface area contributed by atoms with E-state index in [-0.39, 0.29) is 16.7 Å². The first-order chi connectivity index (χ1) is 17.0. The minimum atomic E-state index is -0.108. The van der Waals surface area contributed by atoms with Gasteiger partial charge in [-0.05, 0) is 37.8 Å². The van der Waals surface area contributed by atoms with E-state index >= 15 is 0 Å². The molecular weight excluding hydrogens is 486 g/mol. The van der Waals surface area contributed by atoms with Gasteiger partial charge in [-0.2, -0.15) is 0 Å². The highest BCUT2D eigenvalue weighted by Gasteiger charge is 2.31. The standard InChI is InChI=1S/C24H27N5O4S2/c1-4-29(7-8-32-2)23(30)13-5-6-14-18(9-13)34-22-20(14)21(25-12-26-22)27-15-11-19-16(10-17(15)33-3)28-24(31)35-19/h10-13H,4-9H2,1-3H3,(H,28,31)(H,25,26,27)/t13-/m1/s1. The van der Waals surface area contributed by atoms with Gasteiger partial charge in [-0.25, -0.2) is 9.97 Å². The van der Waals surface area contributed by atoms with Gasteiger partial charge >= 0.3 is 4.87 Å². The van der Waals surface area contributed by atoms with Gasteiger partial charge < -0.3 is 24.7 Å². The number of hydrogen-bond donors (Lipinski definition) is 2. The Bertz CT molecular complexity index is 1440. The van der Waals surface area contributed by atoms with Crippen LogP contribution in [0.2, 0.25) is 0 Å². The number of nitrogens with zero attached hydrogens (tertiary/aromatic N) is 3. The summed E-state index contributed by atoms with van der Waals surface area (Å²) in [5.74, 6) is 1.48. The van der Waals surface area contributed by atoms with Crippen LogP contribution >= 0.6 is 22.7 Å². The van der Waals surface area contributed by atoms with E-state index in [1.54, 1.807) is 31.9 Å². The molecule has 1 atom stereocenters. The van der Waals surface area contributed by atoms with Gasteiger partial charge in [0.15, 0.2) is 0 Å². The third kappa shape index (κ3) is 4.51. The quantitative estimate of drug-likeness (QED) is 0.367. The van der Waals surface area contributed by atoms with E-state index in [0.717, 1.165) is 50.3 Å². The predicted octanol–water partition coefficient (Wildman–Crippen LogP) is 3.95. The van der Waals surface area contributed by atoms with Crippen molar-refractivity contribution >= 4 is 60.5 Å². The highest BCUT2D eigenvalue weighted by molar-refractivity contribution is 7.19. The van der Waals surface area contributed by atoms with Crippen LogP contribution in [0, 0.1) is 5.92 Å². The van der Waals surface area contributed by atoms with Gasteiger partial charge in [0.1, 0.15) is 22.7 Å². The summed E-state index contributed by atoms with van der Waals surface area (Å²) in [4.78, 5) is 40.7. The van der Waals surface area contributed by atoms with Crippen molar-refractivity contribution in [2.75, 3.05) is 39.2 Å². The summed E-state index contributed by atoms with van der Waals surface area (Å²) < 4.78 is 11.6. The monoisotopic (exact) mass is 513 g/mol. The number of thiophene rings is 1. The molecule has 1 aliphatic rings. The average molecular weight is 514 g/mol. The number of rotatable bonds is 8. The maximum Gasteiger partial charge on any atom is 0.305 e. The second-order valence-corrected chi connectivity index (χ2v) is 10.5. The molecule has 9 nitrogen and oxygen atoms in total. The van der Waals surface area contributed by atoms with Crippen LogP contribution < -0.4 is 14.9 Å². The smallest absolute Gasteiger partial charge is 0.305 e. The van der Waals surface area contributed by atoms with Crippen LogP contribution in [0.15, 0.2) is 23.3 Å². The molecule has 11 heteroatoms. The molecule has 0 fully saturated rings. The number of hydrogen-bond acceptors (Lipinski definition) is 9. The van der Waals surface area contributed by atoms with Crippen LogP contribution in [-0.2, 0) is 22.4 Å². The molecule has 0 bridgehead atoms. The Hall–Kier alpha value is -3.02. The van der Waals surface area contributed by atoms with Crippen molar-refractivity contribution in [2.45, 2.75) is 26.2 Å². The van der Waals surface area contributed by atoms with E-state index in [1.165, 1.54) is 10.4 Å². The lowest BCUT2D eigenvalue weighted by molar-refractivity contribution is -0.136. The molecule has 4 aromatic rings. The van der Waals surface area contributed by atoms with Crippen molar-refractivity contribution in [3.63, 3.8) is 0 Å². The summed E-state index contributed by atoms with van der Waals surface area (Å²) in [5.41, 5.74) is 2.68. The summed E-state index contributed by atoms with van der Waals surface area (Å²) in [6.45, 7) is 3.84. The third-order valence-electron chi connectivity index (χ3n) is 6.45. The number of H-pyrrole nitrogens is 1. The number of thiazole rings is 1. The Balaban J connectivity index is 1.46. The average Bonchev–Trinajstić information content (AvgIpc) is 3.42. The number of aryl methyl sites for hydroxylation is 1. The molecule has 184 valence electrons. The van der Waals surface area contributed by atoms with Gasteiger partial charge in [-0.3, -0.25) is 9.59 Å². The van der Waals surface area contributed by atoms with Gasteiger partial charge in [-0.15, -0.1) is 11.3 Å². The van der Waals surface area contributed by atoms with E-state index in [0.29, 0.717) is 37.7 Å². The second-order valence-electron chi connectivity index (χ2n) is 8.44. The number of fused-ring (bicyclic) bond motifs is 4. The number of amides is 1. The van der Waals surface area contributed by atoms with Crippen molar-refractivity contribution in [2.24, 2.45) is 5.92 Å². The van der Waals surface area contributed by atoms with Crippen LogP contribution in [-0.4, -0.2) is 59.7 Å². The Kier molecular flexibility index (Phi) is 6.72. The molecular formula is C24H27N5O4S2. The van der Waals surface area contributed by atoms with E-state index in [1.807, 2.05) is 24.0 Å². The van der Waals surface area contributed by atoms with Crippen molar-refractivity contribution in [3.8, 4) is 5.75 Å². The fourth-order valence-electron chi connectivity index (χ4n) is 4.67. The molecule has 0 aliphatic heterocycles.